The molecule has 0 fully saturated rings. The fourth-order valence-corrected chi connectivity index (χ4v) is 3.21. The fraction of sp³-hybridized carbons (Fsp3) is 1.00. The van der Waals surface area contributed by atoms with Crippen molar-refractivity contribution in [2.75, 3.05) is 6.67 Å². The molecule has 0 nitrogen and oxygen atoms in total. The van der Waals surface area contributed by atoms with Gasteiger partial charge in [0.25, 0.3) is 0 Å². The van der Waals surface area contributed by atoms with Crippen LogP contribution in [0.5, 0.6) is 0 Å². The highest BCUT2D eigenvalue weighted by atomic mass is 33.1. The van der Waals surface area contributed by atoms with Crippen molar-refractivity contribution in [2.45, 2.75) is 50.5 Å². The van der Waals surface area contributed by atoms with E-state index >= 15 is 0 Å². The van der Waals surface area contributed by atoms with Gasteiger partial charge in [0.2, 0.25) is 0 Å². The van der Waals surface area contributed by atoms with Crippen LogP contribution < -0.4 is 0 Å². The number of hydrogen-bond acceptors (Lipinski definition) is 2. The second-order valence-corrected chi connectivity index (χ2v) is 7.18. The van der Waals surface area contributed by atoms with Crippen molar-refractivity contribution in [3.8, 4) is 0 Å². The molecule has 3 heteroatoms. The highest BCUT2D eigenvalue weighted by Crippen LogP contribution is 2.39. The molecule has 0 bridgehead atoms. The van der Waals surface area contributed by atoms with Gasteiger partial charge >= 0.3 is 0 Å². The zero-order valence-electron chi connectivity index (χ0n) is 8.39. The molecular weight excluding hydrogens is 191 g/mol. The first-order chi connectivity index (χ1) is 5.49. The van der Waals surface area contributed by atoms with Crippen molar-refractivity contribution in [1.82, 2.24) is 0 Å². The van der Waals surface area contributed by atoms with Crippen LogP contribution in [0, 0.1) is 0 Å². The van der Waals surface area contributed by atoms with Crippen LogP contribution in [0.4, 0.5) is 4.39 Å². The molecule has 0 aliphatic heterocycles. The van der Waals surface area contributed by atoms with Crippen molar-refractivity contribution >= 4 is 21.6 Å². The lowest BCUT2D eigenvalue weighted by molar-refractivity contribution is 0.470. The molecule has 0 saturated carbocycles. The molecule has 1 atom stereocenters. The average molecular weight is 210 g/mol. The topological polar surface area (TPSA) is 0 Å². The summed E-state index contributed by atoms with van der Waals surface area (Å²) in [7, 11) is 3.48. The Morgan fingerprint density at radius 1 is 1.33 bits per heavy atom. The average Bonchev–Trinajstić information content (AvgIpc) is 1.96. The van der Waals surface area contributed by atoms with Gasteiger partial charge < -0.3 is 0 Å². The largest absolute Gasteiger partial charge is 0.250 e. The van der Waals surface area contributed by atoms with Crippen LogP contribution in [-0.4, -0.2) is 16.7 Å². The summed E-state index contributed by atoms with van der Waals surface area (Å²) in [5.41, 5.74) is 0. The van der Waals surface area contributed by atoms with Crippen LogP contribution >= 0.6 is 21.6 Å². The summed E-state index contributed by atoms with van der Waals surface area (Å²) in [5, 5.41) is 0.194. The molecule has 0 aliphatic rings. The normalized spacial score (nSPS) is 14.8. The van der Waals surface area contributed by atoms with E-state index in [1.165, 1.54) is 0 Å². The quantitative estimate of drug-likeness (QED) is 0.620. The molecule has 0 heterocycles. The lowest BCUT2D eigenvalue weighted by atomic mass is 10.3. The first kappa shape index (κ1) is 12.6. The lowest BCUT2D eigenvalue weighted by Crippen LogP contribution is -2.09. The van der Waals surface area contributed by atoms with Gasteiger partial charge in [-0.2, -0.15) is 0 Å². The lowest BCUT2D eigenvalue weighted by Gasteiger charge is -2.19. The highest BCUT2D eigenvalue weighted by Gasteiger charge is 2.15. The van der Waals surface area contributed by atoms with Gasteiger partial charge in [-0.3, -0.25) is 0 Å². The van der Waals surface area contributed by atoms with Gasteiger partial charge in [-0.1, -0.05) is 55.7 Å². The van der Waals surface area contributed by atoms with Gasteiger partial charge in [-0.15, -0.1) is 0 Å². The third-order valence-corrected chi connectivity index (χ3v) is 5.05. The maximum atomic E-state index is 12.4. The van der Waals surface area contributed by atoms with E-state index in [1.807, 2.05) is 0 Å². The fourth-order valence-electron chi connectivity index (χ4n) is 0.685. The summed E-state index contributed by atoms with van der Waals surface area (Å²) >= 11 is 0. The molecule has 0 N–H and O–H groups in total. The molecule has 0 rings (SSSR count). The highest BCUT2D eigenvalue weighted by molar-refractivity contribution is 8.77. The van der Waals surface area contributed by atoms with E-state index in [9.17, 15) is 4.39 Å². The summed E-state index contributed by atoms with van der Waals surface area (Å²) in [4.78, 5) is 0. The Morgan fingerprint density at radius 2 is 1.92 bits per heavy atom. The zero-order chi connectivity index (χ0) is 9.61. The third kappa shape index (κ3) is 7.29. The molecule has 0 aromatic heterocycles. The van der Waals surface area contributed by atoms with Crippen LogP contribution in [-0.2, 0) is 0 Å². The Hall–Kier alpha value is 0.630. The maximum Gasteiger partial charge on any atom is 0.102 e. The van der Waals surface area contributed by atoms with Gasteiger partial charge in [0.05, 0.1) is 0 Å². The number of rotatable bonds is 5. The molecule has 0 aliphatic carbocycles. The Kier molecular flexibility index (Phi) is 6.46. The van der Waals surface area contributed by atoms with E-state index in [2.05, 4.69) is 27.7 Å². The van der Waals surface area contributed by atoms with E-state index in [0.717, 1.165) is 12.8 Å². The van der Waals surface area contributed by atoms with Crippen LogP contribution in [0.2, 0.25) is 0 Å². The molecule has 0 amide bonds. The van der Waals surface area contributed by atoms with Crippen LogP contribution in [0.25, 0.3) is 0 Å². The zero-order valence-corrected chi connectivity index (χ0v) is 10.0. The smallest absolute Gasteiger partial charge is 0.102 e. The standard InChI is InChI=1S/C9H19FS2/c1-5-6-8(7-10)11-12-9(2,3)4/h8H,5-7H2,1-4H3. The van der Waals surface area contributed by atoms with Crippen LogP contribution in [0.1, 0.15) is 40.5 Å². The first-order valence-corrected chi connectivity index (χ1v) is 6.61. The molecule has 1 unspecified atom stereocenters. The molecule has 0 aromatic rings. The molecule has 0 aromatic carbocycles. The predicted octanol–water partition coefficient (Wildman–Crippen LogP) is 4.30. The Morgan fingerprint density at radius 3 is 2.25 bits per heavy atom. The van der Waals surface area contributed by atoms with E-state index in [0.29, 0.717) is 0 Å². The first-order valence-electron chi connectivity index (χ1n) is 4.40. The molecule has 12 heavy (non-hydrogen) atoms. The molecule has 0 spiro atoms. The Labute approximate surface area is 83.5 Å². The van der Waals surface area contributed by atoms with Gasteiger partial charge in [-0.25, -0.2) is 4.39 Å². The summed E-state index contributed by atoms with van der Waals surface area (Å²) < 4.78 is 12.6. The van der Waals surface area contributed by atoms with E-state index in [1.54, 1.807) is 21.6 Å². The van der Waals surface area contributed by atoms with Crippen LogP contribution in [0.15, 0.2) is 0 Å². The van der Waals surface area contributed by atoms with E-state index < -0.39 is 0 Å². The maximum absolute atomic E-state index is 12.4. The summed E-state index contributed by atoms with van der Waals surface area (Å²) in [6.45, 7) is 8.39. The van der Waals surface area contributed by atoms with Gasteiger partial charge in [0.1, 0.15) is 6.67 Å². The van der Waals surface area contributed by atoms with Gasteiger partial charge in [0, 0.05) is 10.00 Å². The van der Waals surface area contributed by atoms with Gasteiger partial charge in [0.15, 0.2) is 0 Å². The SMILES string of the molecule is CCCC(CF)SSC(C)(C)C. The summed E-state index contributed by atoms with van der Waals surface area (Å²) in [5.74, 6) is 0. The van der Waals surface area contributed by atoms with Crippen molar-refractivity contribution in [2.24, 2.45) is 0 Å². The minimum atomic E-state index is -0.193. The number of halogens is 1. The van der Waals surface area contributed by atoms with Crippen molar-refractivity contribution < 1.29 is 4.39 Å². The summed E-state index contributed by atoms with van der Waals surface area (Å²) in [6.07, 6.45) is 2.07. The third-order valence-electron chi connectivity index (χ3n) is 1.22. The second kappa shape index (κ2) is 6.14. The number of alkyl halides is 1. The molecular formula is C9H19FS2. The van der Waals surface area contributed by atoms with Crippen molar-refractivity contribution in [1.29, 1.82) is 0 Å². The Balaban J connectivity index is 3.58. The van der Waals surface area contributed by atoms with Gasteiger partial charge in [-0.05, 0) is 6.42 Å². The van der Waals surface area contributed by atoms with E-state index in [-0.39, 0.29) is 16.7 Å². The predicted molar refractivity (Wildman–Crippen MR) is 59.6 cm³/mol. The Bertz CT molecular complexity index is 110. The molecule has 74 valence electrons. The van der Waals surface area contributed by atoms with Crippen molar-refractivity contribution in [3.05, 3.63) is 0 Å². The minimum absolute atomic E-state index is 0.193. The van der Waals surface area contributed by atoms with Crippen molar-refractivity contribution in [3.63, 3.8) is 0 Å². The monoisotopic (exact) mass is 210 g/mol. The molecule has 0 saturated heterocycles. The number of hydrogen-bond donors (Lipinski definition) is 0. The van der Waals surface area contributed by atoms with Crippen LogP contribution in [0.3, 0.4) is 0 Å². The second-order valence-electron chi connectivity index (χ2n) is 3.86. The molecule has 0 radical (unpaired) electrons. The summed E-state index contributed by atoms with van der Waals surface area (Å²) in [6, 6.07) is 0. The minimum Gasteiger partial charge on any atom is -0.250 e. The van der Waals surface area contributed by atoms with E-state index in [4.69, 9.17) is 0 Å².